The standard InChI is InChI=1S/C14H15BrClNO3/c1-8(11-4-5-14(15)20-11)17-10-7-12(18-2)9(16)6-13(10)19-3/h4-8,17H,1-3H3. The number of methoxy groups -OCH3 is 2. The van der Waals surface area contributed by atoms with Gasteiger partial charge in [-0.25, -0.2) is 0 Å². The highest BCUT2D eigenvalue weighted by Gasteiger charge is 2.15. The van der Waals surface area contributed by atoms with Crippen LogP contribution in [0, 0.1) is 0 Å². The highest BCUT2D eigenvalue weighted by atomic mass is 79.9. The molecule has 0 aliphatic rings. The molecule has 1 atom stereocenters. The summed E-state index contributed by atoms with van der Waals surface area (Å²) in [5, 5.41) is 3.82. The summed E-state index contributed by atoms with van der Waals surface area (Å²) >= 11 is 9.37. The summed E-state index contributed by atoms with van der Waals surface area (Å²) in [7, 11) is 3.17. The molecule has 2 rings (SSSR count). The molecule has 0 aliphatic carbocycles. The summed E-state index contributed by atoms with van der Waals surface area (Å²) in [5.41, 5.74) is 0.786. The molecule has 0 spiro atoms. The van der Waals surface area contributed by atoms with Gasteiger partial charge in [0.15, 0.2) is 4.67 Å². The Bertz CT molecular complexity index is 600. The van der Waals surface area contributed by atoms with Crippen molar-refractivity contribution >= 4 is 33.2 Å². The molecule has 6 heteroatoms. The number of halogens is 2. The van der Waals surface area contributed by atoms with Crippen molar-refractivity contribution in [2.45, 2.75) is 13.0 Å². The van der Waals surface area contributed by atoms with Crippen molar-refractivity contribution in [2.24, 2.45) is 0 Å². The second kappa shape index (κ2) is 6.41. The van der Waals surface area contributed by atoms with E-state index in [1.54, 1.807) is 26.4 Å². The first kappa shape index (κ1) is 15.1. The van der Waals surface area contributed by atoms with Gasteiger partial charge in [-0.05, 0) is 35.0 Å². The first-order valence-corrected chi connectivity index (χ1v) is 7.15. The highest BCUT2D eigenvalue weighted by Crippen LogP contribution is 2.37. The van der Waals surface area contributed by atoms with Crippen molar-refractivity contribution in [3.63, 3.8) is 0 Å². The van der Waals surface area contributed by atoms with Crippen LogP contribution in [0.3, 0.4) is 0 Å². The van der Waals surface area contributed by atoms with E-state index in [9.17, 15) is 0 Å². The Morgan fingerprint density at radius 3 is 2.45 bits per heavy atom. The molecule has 2 aromatic rings. The molecular formula is C14H15BrClNO3. The van der Waals surface area contributed by atoms with Gasteiger partial charge in [-0.1, -0.05) is 11.6 Å². The number of ether oxygens (including phenoxy) is 2. The lowest BCUT2D eigenvalue weighted by Crippen LogP contribution is -2.07. The van der Waals surface area contributed by atoms with Crippen LogP contribution in [0.5, 0.6) is 11.5 Å². The normalized spacial score (nSPS) is 12.1. The van der Waals surface area contributed by atoms with Crippen LogP contribution in [0.25, 0.3) is 0 Å². The van der Waals surface area contributed by atoms with Gasteiger partial charge in [-0.15, -0.1) is 0 Å². The number of furan rings is 1. The van der Waals surface area contributed by atoms with E-state index < -0.39 is 0 Å². The lowest BCUT2D eigenvalue weighted by molar-refractivity contribution is 0.403. The molecule has 1 aromatic heterocycles. The van der Waals surface area contributed by atoms with E-state index in [2.05, 4.69) is 21.2 Å². The van der Waals surface area contributed by atoms with Gasteiger partial charge >= 0.3 is 0 Å². The van der Waals surface area contributed by atoms with Gasteiger partial charge in [0.1, 0.15) is 17.3 Å². The molecule has 20 heavy (non-hydrogen) atoms. The van der Waals surface area contributed by atoms with Crippen molar-refractivity contribution in [3.05, 3.63) is 39.7 Å². The van der Waals surface area contributed by atoms with Gasteiger partial charge < -0.3 is 19.2 Å². The minimum atomic E-state index is -0.0268. The van der Waals surface area contributed by atoms with Crippen LogP contribution in [0.2, 0.25) is 5.02 Å². The summed E-state index contributed by atoms with van der Waals surface area (Å²) in [5.74, 6) is 2.05. The molecule has 0 radical (unpaired) electrons. The molecule has 0 aliphatic heterocycles. The largest absolute Gasteiger partial charge is 0.495 e. The Labute approximate surface area is 131 Å². The van der Waals surface area contributed by atoms with E-state index in [1.165, 1.54) is 0 Å². The maximum atomic E-state index is 6.08. The summed E-state index contributed by atoms with van der Waals surface area (Å²) in [6, 6.07) is 7.25. The van der Waals surface area contributed by atoms with E-state index >= 15 is 0 Å². The molecule has 108 valence electrons. The predicted octanol–water partition coefficient (Wildman–Crippen LogP) is 4.89. The first-order valence-electron chi connectivity index (χ1n) is 5.98. The topological polar surface area (TPSA) is 43.6 Å². The SMILES string of the molecule is COc1cc(NC(C)c2ccc(Br)o2)c(OC)cc1Cl. The van der Waals surface area contributed by atoms with Crippen LogP contribution in [0.15, 0.2) is 33.4 Å². The second-order valence-electron chi connectivity index (χ2n) is 4.19. The van der Waals surface area contributed by atoms with Gasteiger partial charge in [-0.3, -0.25) is 0 Å². The summed E-state index contributed by atoms with van der Waals surface area (Å²) in [4.78, 5) is 0. The molecule has 0 bridgehead atoms. The van der Waals surface area contributed by atoms with Crippen LogP contribution in [-0.2, 0) is 0 Å². The Hall–Kier alpha value is -1.33. The van der Waals surface area contributed by atoms with Gasteiger partial charge in [0.25, 0.3) is 0 Å². The van der Waals surface area contributed by atoms with Crippen molar-refractivity contribution in [1.82, 2.24) is 0 Å². The van der Waals surface area contributed by atoms with Crippen LogP contribution in [0.4, 0.5) is 5.69 Å². The first-order chi connectivity index (χ1) is 9.55. The highest BCUT2D eigenvalue weighted by molar-refractivity contribution is 9.10. The Kier molecular flexibility index (Phi) is 4.83. The number of rotatable bonds is 5. The average molecular weight is 361 g/mol. The number of benzene rings is 1. The molecule has 0 saturated carbocycles. The number of nitrogens with one attached hydrogen (secondary N) is 1. The molecule has 0 saturated heterocycles. The third kappa shape index (κ3) is 3.22. The zero-order chi connectivity index (χ0) is 14.7. The van der Waals surface area contributed by atoms with Crippen LogP contribution in [-0.4, -0.2) is 14.2 Å². The van der Waals surface area contributed by atoms with Gasteiger partial charge in [0.05, 0.1) is 31.0 Å². The smallest absolute Gasteiger partial charge is 0.169 e. The lowest BCUT2D eigenvalue weighted by atomic mass is 10.2. The maximum Gasteiger partial charge on any atom is 0.169 e. The molecule has 1 unspecified atom stereocenters. The van der Waals surface area contributed by atoms with Gasteiger partial charge in [-0.2, -0.15) is 0 Å². The molecule has 1 aromatic carbocycles. The Balaban J connectivity index is 2.27. The average Bonchev–Trinajstić information content (AvgIpc) is 2.87. The molecule has 1 heterocycles. The third-order valence-corrected chi connectivity index (χ3v) is 3.59. The van der Waals surface area contributed by atoms with Crippen molar-refractivity contribution < 1.29 is 13.9 Å². The zero-order valence-corrected chi connectivity index (χ0v) is 13.7. The minimum Gasteiger partial charge on any atom is -0.495 e. The molecular weight excluding hydrogens is 346 g/mol. The monoisotopic (exact) mass is 359 g/mol. The maximum absolute atomic E-state index is 6.08. The van der Waals surface area contributed by atoms with Gasteiger partial charge in [0.2, 0.25) is 0 Å². The van der Waals surface area contributed by atoms with Crippen molar-refractivity contribution in [2.75, 3.05) is 19.5 Å². The summed E-state index contributed by atoms with van der Waals surface area (Å²) in [6.45, 7) is 1.99. The Morgan fingerprint density at radius 1 is 1.20 bits per heavy atom. The zero-order valence-electron chi connectivity index (χ0n) is 11.4. The van der Waals surface area contributed by atoms with E-state index in [0.717, 1.165) is 11.4 Å². The third-order valence-electron chi connectivity index (χ3n) is 2.87. The van der Waals surface area contributed by atoms with Gasteiger partial charge in [0, 0.05) is 12.1 Å². The summed E-state index contributed by atoms with van der Waals surface area (Å²) in [6.07, 6.45) is 0. The second-order valence-corrected chi connectivity index (χ2v) is 5.38. The Morgan fingerprint density at radius 2 is 1.90 bits per heavy atom. The fourth-order valence-electron chi connectivity index (χ4n) is 1.84. The quantitative estimate of drug-likeness (QED) is 0.825. The molecule has 1 N–H and O–H groups in total. The van der Waals surface area contributed by atoms with Crippen LogP contribution in [0.1, 0.15) is 18.7 Å². The lowest BCUT2D eigenvalue weighted by Gasteiger charge is -2.17. The molecule has 0 amide bonds. The van der Waals surface area contributed by atoms with E-state index in [4.69, 9.17) is 25.5 Å². The van der Waals surface area contributed by atoms with E-state index in [0.29, 0.717) is 21.2 Å². The van der Waals surface area contributed by atoms with Crippen LogP contribution < -0.4 is 14.8 Å². The van der Waals surface area contributed by atoms with Crippen molar-refractivity contribution in [3.8, 4) is 11.5 Å². The van der Waals surface area contributed by atoms with E-state index in [-0.39, 0.29) is 6.04 Å². The summed E-state index contributed by atoms with van der Waals surface area (Å²) < 4.78 is 16.8. The minimum absolute atomic E-state index is 0.0268. The molecule has 0 fully saturated rings. The fourth-order valence-corrected chi connectivity index (χ4v) is 2.39. The predicted molar refractivity (Wildman–Crippen MR) is 83.0 cm³/mol. The van der Waals surface area contributed by atoms with Crippen LogP contribution >= 0.6 is 27.5 Å². The fraction of sp³-hybridized carbons (Fsp3) is 0.286. The van der Waals surface area contributed by atoms with E-state index in [1.807, 2.05) is 19.1 Å². The number of hydrogen-bond donors (Lipinski definition) is 1. The van der Waals surface area contributed by atoms with Crippen molar-refractivity contribution in [1.29, 1.82) is 0 Å². The number of hydrogen-bond acceptors (Lipinski definition) is 4. The number of anilines is 1. The molecule has 4 nitrogen and oxygen atoms in total.